The molecule has 1 amide bonds. The second kappa shape index (κ2) is 9.59. The summed E-state index contributed by atoms with van der Waals surface area (Å²) in [7, 11) is 0. The van der Waals surface area contributed by atoms with Gasteiger partial charge in [0.1, 0.15) is 5.58 Å². The van der Waals surface area contributed by atoms with Crippen molar-refractivity contribution in [2.24, 2.45) is 0 Å². The van der Waals surface area contributed by atoms with Gasteiger partial charge in [0.25, 0.3) is 5.91 Å². The first-order valence-corrected chi connectivity index (χ1v) is 12.2. The second-order valence-corrected chi connectivity index (χ2v) is 9.11. The van der Waals surface area contributed by atoms with Crippen LogP contribution in [-0.2, 0) is 6.42 Å². The van der Waals surface area contributed by atoms with Crippen LogP contribution < -0.4 is 5.43 Å². The molecule has 0 fully saturated rings. The number of amides is 1. The normalized spacial score (nSPS) is 15.7. The van der Waals surface area contributed by atoms with Gasteiger partial charge in [0.05, 0.1) is 17.0 Å². The fourth-order valence-electron chi connectivity index (χ4n) is 4.51. The first-order chi connectivity index (χ1) is 15.5. The topological polar surface area (TPSA) is 53.8 Å². The molecule has 2 heterocycles. The van der Waals surface area contributed by atoms with E-state index in [1.54, 1.807) is 6.07 Å². The lowest BCUT2D eigenvalue weighted by Gasteiger charge is -2.26. The molecule has 1 unspecified atom stereocenters. The van der Waals surface area contributed by atoms with Crippen molar-refractivity contribution >= 4 is 32.8 Å². The monoisotopic (exact) mass is 496 g/mol. The Hall–Kier alpha value is -2.44. The minimum atomic E-state index is -0.437. The van der Waals surface area contributed by atoms with E-state index in [-0.39, 0.29) is 17.1 Å². The number of benzene rings is 2. The van der Waals surface area contributed by atoms with Crippen molar-refractivity contribution in [3.63, 3.8) is 0 Å². The molecule has 3 aromatic rings. The van der Waals surface area contributed by atoms with Crippen LogP contribution in [-0.4, -0.2) is 41.9 Å². The van der Waals surface area contributed by atoms with Crippen LogP contribution in [0, 0.1) is 0 Å². The number of nitrogens with zero attached hydrogens (tertiary/aromatic N) is 2. The van der Waals surface area contributed by atoms with Crippen molar-refractivity contribution < 1.29 is 9.21 Å². The number of rotatable bonds is 8. The molecule has 1 aliphatic heterocycles. The number of hydrogen-bond donors (Lipinski definition) is 0. The molecule has 5 nitrogen and oxygen atoms in total. The van der Waals surface area contributed by atoms with Crippen molar-refractivity contribution in [1.29, 1.82) is 0 Å². The maximum Gasteiger partial charge on any atom is 0.290 e. The SMILES string of the molecule is CCc1ccc2oc3c(c(=O)c2c1)C(c1ccc(Br)cc1)N(CCCN(CC)CC)C3=O. The lowest BCUT2D eigenvalue weighted by atomic mass is 9.98. The van der Waals surface area contributed by atoms with Crippen molar-refractivity contribution in [3.05, 3.63) is 79.6 Å². The van der Waals surface area contributed by atoms with Gasteiger partial charge in [0.15, 0.2) is 5.43 Å². The van der Waals surface area contributed by atoms with Gasteiger partial charge < -0.3 is 14.2 Å². The van der Waals surface area contributed by atoms with E-state index < -0.39 is 6.04 Å². The summed E-state index contributed by atoms with van der Waals surface area (Å²) in [5.74, 6) is -0.0199. The molecular formula is C26H29BrN2O3. The molecular weight excluding hydrogens is 468 g/mol. The van der Waals surface area contributed by atoms with Crippen LogP contribution in [0.4, 0.5) is 0 Å². The molecule has 0 aliphatic carbocycles. The van der Waals surface area contributed by atoms with Gasteiger partial charge in [-0.25, -0.2) is 0 Å². The Kier molecular flexibility index (Phi) is 6.82. The first kappa shape index (κ1) is 22.7. The highest BCUT2D eigenvalue weighted by Crippen LogP contribution is 2.38. The highest BCUT2D eigenvalue weighted by atomic mass is 79.9. The van der Waals surface area contributed by atoms with Crippen molar-refractivity contribution in [1.82, 2.24) is 9.80 Å². The Balaban J connectivity index is 1.80. The van der Waals surface area contributed by atoms with Gasteiger partial charge in [-0.3, -0.25) is 9.59 Å². The minimum absolute atomic E-state index is 0.107. The number of fused-ring (bicyclic) bond motifs is 2. The molecule has 0 saturated carbocycles. The van der Waals surface area contributed by atoms with Gasteiger partial charge in [-0.05, 0) is 67.9 Å². The van der Waals surface area contributed by atoms with Crippen LogP contribution in [0.3, 0.4) is 0 Å². The number of carbonyl (C=O) groups excluding carboxylic acids is 1. The summed E-state index contributed by atoms with van der Waals surface area (Å²) >= 11 is 3.48. The van der Waals surface area contributed by atoms with Gasteiger partial charge in [-0.15, -0.1) is 0 Å². The average molecular weight is 497 g/mol. The van der Waals surface area contributed by atoms with Crippen LogP contribution in [0.1, 0.15) is 60.5 Å². The smallest absolute Gasteiger partial charge is 0.290 e. The summed E-state index contributed by atoms with van der Waals surface area (Å²) < 4.78 is 7.02. The quantitative estimate of drug-likeness (QED) is 0.419. The first-order valence-electron chi connectivity index (χ1n) is 11.4. The number of aryl methyl sites for hydroxylation is 1. The van der Waals surface area contributed by atoms with Gasteiger partial charge in [0, 0.05) is 11.0 Å². The third-order valence-electron chi connectivity index (χ3n) is 6.39. The van der Waals surface area contributed by atoms with E-state index in [4.69, 9.17) is 4.42 Å². The van der Waals surface area contributed by atoms with Crippen LogP contribution in [0.15, 0.2) is 56.1 Å². The molecule has 1 aromatic heterocycles. The molecule has 0 bridgehead atoms. The second-order valence-electron chi connectivity index (χ2n) is 8.19. The standard InChI is InChI=1S/C26H29BrN2O3/c1-4-17-8-13-21-20(16-17)24(30)22-23(18-9-11-19(27)12-10-18)29(26(31)25(22)32-21)15-7-14-28(5-2)6-3/h8-13,16,23H,4-7,14-15H2,1-3H3. The Morgan fingerprint density at radius 1 is 1.03 bits per heavy atom. The number of halogens is 1. The van der Waals surface area contributed by atoms with E-state index >= 15 is 0 Å². The number of hydrogen-bond acceptors (Lipinski definition) is 4. The van der Waals surface area contributed by atoms with E-state index in [2.05, 4.69) is 41.6 Å². The molecule has 0 saturated heterocycles. The summed E-state index contributed by atoms with van der Waals surface area (Å²) in [4.78, 5) is 31.2. The Morgan fingerprint density at radius 3 is 2.41 bits per heavy atom. The van der Waals surface area contributed by atoms with E-state index in [1.165, 1.54) is 0 Å². The van der Waals surface area contributed by atoms with Crippen molar-refractivity contribution in [2.75, 3.05) is 26.2 Å². The Bertz CT molecular complexity index is 1180. The molecule has 1 atom stereocenters. The van der Waals surface area contributed by atoms with E-state index in [0.717, 1.165) is 48.1 Å². The third-order valence-corrected chi connectivity index (χ3v) is 6.92. The zero-order chi connectivity index (χ0) is 22.8. The van der Waals surface area contributed by atoms with Gasteiger partial charge in [-0.2, -0.15) is 0 Å². The summed E-state index contributed by atoms with van der Waals surface area (Å²) in [6.07, 6.45) is 1.67. The molecule has 4 rings (SSSR count). The third kappa shape index (κ3) is 4.14. The average Bonchev–Trinajstić information content (AvgIpc) is 3.09. The lowest BCUT2D eigenvalue weighted by Crippen LogP contribution is -2.33. The molecule has 2 aromatic carbocycles. The Labute approximate surface area is 197 Å². The summed E-state index contributed by atoms with van der Waals surface area (Å²) in [6, 6.07) is 13.1. The molecule has 168 valence electrons. The zero-order valence-corrected chi connectivity index (χ0v) is 20.4. The molecule has 6 heteroatoms. The molecule has 32 heavy (non-hydrogen) atoms. The van der Waals surface area contributed by atoms with E-state index in [1.807, 2.05) is 41.3 Å². The van der Waals surface area contributed by atoms with Gasteiger partial charge >= 0.3 is 0 Å². The predicted molar refractivity (Wildman–Crippen MR) is 131 cm³/mol. The fourth-order valence-corrected chi connectivity index (χ4v) is 4.78. The van der Waals surface area contributed by atoms with Gasteiger partial charge in [-0.1, -0.05) is 54.9 Å². The van der Waals surface area contributed by atoms with Crippen molar-refractivity contribution in [3.8, 4) is 0 Å². The maximum absolute atomic E-state index is 13.6. The van der Waals surface area contributed by atoms with E-state index in [9.17, 15) is 9.59 Å². The van der Waals surface area contributed by atoms with Crippen molar-refractivity contribution in [2.45, 2.75) is 39.7 Å². The fraction of sp³-hybridized carbons (Fsp3) is 0.385. The molecule has 0 radical (unpaired) electrons. The highest BCUT2D eigenvalue weighted by Gasteiger charge is 2.42. The predicted octanol–water partition coefficient (Wildman–Crippen LogP) is 5.40. The number of carbonyl (C=O) groups is 1. The zero-order valence-electron chi connectivity index (χ0n) is 18.9. The van der Waals surface area contributed by atoms with Crippen LogP contribution in [0.5, 0.6) is 0 Å². The highest BCUT2D eigenvalue weighted by molar-refractivity contribution is 9.10. The maximum atomic E-state index is 13.6. The summed E-state index contributed by atoms with van der Waals surface area (Å²) in [5.41, 5.74) is 2.82. The van der Waals surface area contributed by atoms with Gasteiger partial charge in [0.2, 0.25) is 5.76 Å². The van der Waals surface area contributed by atoms with Crippen LogP contribution in [0.25, 0.3) is 11.0 Å². The summed E-state index contributed by atoms with van der Waals surface area (Å²) in [5, 5.41) is 0.544. The molecule has 1 aliphatic rings. The molecule has 0 N–H and O–H groups in total. The molecule has 0 spiro atoms. The van der Waals surface area contributed by atoms with E-state index in [0.29, 0.717) is 23.1 Å². The minimum Gasteiger partial charge on any atom is -0.450 e. The largest absolute Gasteiger partial charge is 0.450 e. The summed E-state index contributed by atoms with van der Waals surface area (Å²) in [6.45, 7) is 9.77. The lowest BCUT2D eigenvalue weighted by molar-refractivity contribution is 0.0720. The van der Waals surface area contributed by atoms with Crippen LogP contribution in [0.2, 0.25) is 0 Å². The Morgan fingerprint density at radius 2 is 1.75 bits per heavy atom. The van der Waals surface area contributed by atoms with Crippen LogP contribution >= 0.6 is 15.9 Å².